The smallest absolute Gasteiger partial charge is 0.249 e. The zero-order chi connectivity index (χ0) is 16.9. The summed E-state index contributed by atoms with van der Waals surface area (Å²) in [5.41, 5.74) is 5.26. The van der Waals surface area contributed by atoms with E-state index in [2.05, 4.69) is 5.32 Å². The Bertz CT molecular complexity index is 654. The molecule has 126 valence electrons. The highest BCUT2D eigenvalue weighted by atomic mass is 32.2. The molecule has 7 nitrogen and oxygen atoms in total. The second-order valence-electron chi connectivity index (χ2n) is 5.39. The van der Waals surface area contributed by atoms with Crippen molar-refractivity contribution in [3.8, 4) is 0 Å². The summed E-state index contributed by atoms with van der Waals surface area (Å²) >= 11 is 0. The number of rotatable bonds is 7. The summed E-state index contributed by atoms with van der Waals surface area (Å²) in [5, 5.41) is 2.48. The molecule has 1 heterocycles. The van der Waals surface area contributed by atoms with Gasteiger partial charge in [-0.25, -0.2) is 8.42 Å². The van der Waals surface area contributed by atoms with Crippen molar-refractivity contribution in [1.29, 1.82) is 0 Å². The SMILES string of the molecule is NC(=O)[C@@H](CCS(=O)(=O)c1ccccc1)NC(=O)[C@@H]1CCCO1. The molecule has 0 aromatic heterocycles. The molecule has 1 saturated heterocycles. The summed E-state index contributed by atoms with van der Waals surface area (Å²) < 4.78 is 29.7. The minimum Gasteiger partial charge on any atom is -0.368 e. The van der Waals surface area contributed by atoms with Crippen LogP contribution in [0.4, 0.5) is 0 Å². The zero-order valence-corrected chi connectivity index (χ0v) is 13.4. The maximum absolute atomic E-state index is 12.2. The molecule has 1 aromatic carbocycles. The Morgan fingerprint density at radius 2 is 2.00 bits per heavy atom. The van der Waals surface area contributed by atoms with Crippen LogP contribution in [0.2, 0.25) is 0 Å². The van der Waals surface area contributed by atoms with Crippen molar-refractivity contribution in [3.05, 3.63) is 30.3 Å². The number of nitrogens with one attached hydrogen (secondary N) is 1. The monoisotopic (exact) mass is 340 g/mol. The number of nitrogens with two attached hydrogens (primary N) is 1. The van der Waals surface area contributed by atoms with E-state index in [4.69, 9.17) is 10.5 Å². The highest BCUT2D eigenvalue weighted by molar-refractivity contribution is 7.91. The van der Waals surface area contributed by atoms with E-state index in [9.17, 15) is 18.0 Å². The van der Waals surface area contributed by atoms with Crippen molar-refractivity contribution < 1.29 is 22.7 Å². The van der Waals surface area contributed by atoms with Crippen LogP contribution in [0.15, 0.2) is 35.2 Å². The maximum Gasteiger partial charge on any atom is 0.249 e. The van der Waals surface area contributed by atoms with Crippen molar-refractivity contribution in [2.75, 3.05) is 12.4 Å². The first-order chi connectivity index (χ1) is 10.9. The fourth-order valence-corrected chi connectivity index (χ4v) is 3.71. The lowest BCUT2D eigenvalue weighted by Crippen LogP contribution is -2.48. The predicted molar refractivity (Wildman–Crippen MR) is 83.2 cm³/mol. The average molecular weight is 340 g/mol. The Kier molecular flexibility index (Phi) is 5.73. The third kappa shape index (κ3) is 4.77. The van der Waals surface area contributed by atoms with E-state index >= 15 is 0 Å². The molecule has 1 aliphatic heterocycles. The summed E-state index contributed by atoms with van der Waals surface area (Å²) in [6, 6.07) is 6.90. The van der Waals surface area contributed by atoms with Crippen LogP contribution in [0, 0.1) is 0 Å². The molecule has 0 spiro atoms. The van der Waals surface area contributed by atoms with Crippen LogP contribution in [0.1, 0.15) is 19.3 Å². The predicted octanol–water partition coefficient (Wildman–Crippen LogP) is -0.000500. The molecule has 2 atom stereocenters. The minimum atomic E-state index is -3.53. The van der Waals surface area contributed by atoms with Crippen molar-refractivity contribution in [2.45, 2.75) is 36.3 Å². The van der Waals surface area contributed by atoms with Gasteiger partial charge >= 0.3 is 0 Å². The van der Waals surface area contributed by atoms with Crippen LogP contribution < -0.4 is 11.1 Å². The van der Waals surface area contributed by atoms with E-state index in [1.807, 2.05) is 0 Å². The lowest BCUT2D eigenvalue weighted by molar-refractivity contribution is -0.133. The molecule has 1 aromatic rings. The van der Waals surface area contributed by atoms with Crippen LogP contribution in [0.5, 0.6) is 0 Å². The molecule has 2 rings (SSSR count). The Morgan fingerprint density at radius 3 is 2.57 bits per heavy atom. The molecule has 0 unspecified atom stereocenters. The Labute approximate surface area is 135 Å². The number of hydrogen-bond acceptors (Lipinski definition) is 5. The Morgan fingerprint density at radius 1 is 1.30 bits per heavy atom. The van der Waals surface area contributed by atoms with Crippen LogP contribution in [-0.4, -0.2) is 44.7 Å². The van der Waals surface area contributed by atoms with Gasteiger partial charge in [0.15, 0.2) is 9.84 Å². The van der Waals surface area contributed by atoms with E-state index in [-0.39, 0.29) is 17.1 Å². The average Bonchev–Trinajstić information content (AvgIpc) is 3.06. The summed E-state index contributed by atoms with van der Waals surface area (Å²) in [4.78, 5) is 23.6. The molecular formula is C15H20N2O5S. The van der Waals surface area contributed by atoms with Crippen LogP contribution in [-0.2, 0) is 24.2 Å². The van der Waals surface area contributed by atoms with Gasteiger partial charge in [-0.05, 0) is 31.4 Å². The highest BCUT2D eigenvalue weighted by Crippen LogP contribution is 2.14. The van der Waals surface area contributed by atoms with Gasteiger partial charge in [-0.1, -0.05) is 18.2 Å². The fourth-order valence-electron chi connectivity index (χ4n) is 2.35. The van der Waals surface area contributed by atoms with E-state index < -0.39 is 33.8 Å². The molecule has 0 bridgehead atoms. The molecule has 2 amide bonds. The second kappa shape index (κ2) is 7.56. The number of hydrogen-bond donors (Lipinski definition) is 2. The molecule has 23 heavy (non-hydrogen) atoms. The van der Waals surface area contributed by atoms with Crippen molar-refractivity contribution in [1.82, 2.24) is 5.32 Å². The Hall–Kier alpha value is -1.93. The number of benzene rings is 1. The van der Waals surface area contributed by atoms with Gasteiger partial charge in [0.2, 0.25) is 11.8 Å². The molecule has 1 aliphatic rings. The largest absolute Gasteiger partial charge is 0.368 e. The van der Waals surface area contributed by atoms with Gasteiger partial charge in [-0.15, -0.1) is 0 Å². The van der Waals surface area contributed by atoms with E-state index in [1.54, 1.807) is 18.2 Å². The minimum absolute atomic E-state index is 0.0784. The third-order valence-electron chi connectivity index (χ3n) is 3.66. The lowest BCUT2D eigenvalue weighted by atomic mass is 10.2. The summed E-state index contributed by atoms with van der Waals surface area (Å²) in [7, 11) is -3.53. The van der Waals surface area contributed by atoms with Gasteiger partial charge in [0.25, 0.3) is 0 Å². The number of sulfone groups is 1. The Balaban J connectivity index is 1.97. The van der Waals surface area contributed by atoms with Crippen LogP contribution in [0.25, 0.3) is 0 Å². The molecule has 1 fully saturated rings. The molecule has 8 heteroatoms. The number of carbonyl (C=O) groups excluding carboxylic acids is 2. The lowest BCUT2D eigenvalue weighted by Gasteiger charge is -2.18. The van der Waals surface area contributed by atoms with Gasteiger partial charge in [0.05, 0.1) is 10.6 Å². The molecule has 0 saturated carbocycles. The molecule has 0 radical (unpaired) electrons. The molecule has 0 aliphatic carbocycles. The van der Waals surface area contributed by atoms with Gasteiger partial charge in [0, 0.05) is 6.61 Å². The van der Waals surface area contributed by atoms with Gasteiger partial charge < -0.3 is 15.8 Å². The standard InChI is InChI=1S/C15H20N2O5S/c16-14(18)12(17-15(19)13-7-4-9-22-13)8-10-23(20,21)11-5-2-1-3-6-11/h1-3,5-6,12-13H,4,7-10H2,(H2,16,18)(H,17,19)/t12-,13+/m1/s1. The second-order valence-corrected chi connectivity index (χ2v) is 7.49. The van der Waals surface area contributed by atoms with Gasteiger partial charge in [-0.2, -0.15) is 0 Å². The highest BCUT2D eigenvalue weighted by Gasteiger charge is 2.28. The van der Waals surface area contributed by atoms with Crippen LogP contribution >= 0.6 is 0 Å². The molecular weight excluding hydrogens is 320 g/mol. The van der Waals surface area contributed by atoms with Crippen molar-refractivity contribution in [3.63, 3.8) is 0 Å². The molecule has 3 N–H and O–H groups in total. The van der Waals surface area contributed by atoms with Crippen molar-refractivity contribution >= 4 is 21.7 Å². The summed E-state index contributed by atoms with van der Waals surface area (Å²) in [6.45, 7) is 0.502. The summed E-state index contributed by atoms with van der Waals surface area (Å²) in [5.74, 6) is -1.47. The van der Waals surface area contributed by atoms with E-state index in [0.29, 0.717) is 13.0 Å². The van der Waals surface area contributed by atoms with Gasteiger partial charge in [0.1, 0.15) is 12.1 Å². The van der Waals surface area contributed by atoms with Gasteiger partial charge in [-0.3, -0.25) is 9.59 Å². The first-order valence-corrected chi connectivity index (χ1v) is 9.04. The number of carbonyl (C=O) groups is 2. The maximum atomic E-state index is 12.2. The number of primary amides is 1. The van der Waals surface area contributed by atoms with Crippen molar-refractivity contribution in [2.24, 2.45) is 5.73 Å². The fraction of sp³-hybridized carbons (Fsp3) is 0.467. The number of ether oxygens (including phenoxy) is 1. The first-order valence-electron chi connectivity index (χ1n) is 7.39. The zero-order valence-electron chi connectivity index (χ0n) is 12.6. The summed E-state index contributed by atoms with van der Waals surface area (Å²) in [6.07, 6.45) is 0.689. The van der Waals surface area contributed by atoms with Crippen LogP contribution in [0.3, 0.4) is 0 Å². The topological polar surface area (TPSA) is 116 Å². The normalized spacial score (nSPS) is 19.2. The van der Waals surface area contributed by atoms with E-state index in [0.717, 1.165) is 6.42 Å². The van der Waals surface area contributed by atoms with E-state index in [1.165, 1.54) is 12.1 Å². The third-order valence-corrected chi connectivity index (χ3v) is 5.42. The number of amides is 2. The first kappa shape index (κ1) is 17.4. The quantitative estimate of drug-likeness (QED) is 0.725.